The van der Waals surface area contributed by atoms with Crippen molar-refractivity contribution in [1.82, 2.24) is 5.32 Å². The van der Waals surface area contributed by atoms with Gasteiger partial charge in [0.2, 0.25) is 5.91 Å². The number of fused-ring (bicyclic) bond motifs is 1. The van der Waals surface area contributed by atoms with Crippen LogP contribution < -0.4 is 15.4 Å². The van der Waals surface area contributed by atoms with Gasteiger partial charge >= 0.3 is 0 Å². The second-order valence-corrected chi connectivity index (χ2v) is 6.99. The summed E-state index contributed by atoms with van der Waals surface area (Å²) in [6.07, 6.45) is 1.04. The number of rotatable bonds is 4. The van der Waals surface area contributed by atoms with Crippen LogP contribution in [0.4, 0.5) is 10.1 Å². The molecule has 7 heteroatoms. The number of carbonyl (C=O) groups is 2. The van der Waals surface area contributed by atoms with Gasteiger partial charge in [0.25, 0.3) is 0 Å². The standard InChI is InChI=1S/C21H18FN3O3/c22-16-9-13(5-6-19(16)28-18-4-2-1-3-12(18)11-23)25-21(27)15-10-14-17(26)7-8-24-20(14)15/h1-6,9,14-15,20,24H,7-8,10H2,(H,25,27)/t14-,15+,20+/m0/s1. The molecule has 0 bridgehead atoms. The van der Waals surface area contributed by atoms with Crippen molar-refractivity contribution in [2.75, 3.05) is 11.9 Å². The smallest absolute Gasteiger partial charge is 0.229 e. The van der Waals surface area contributed by atoms with Gasteiger partial charge in [0.05, 0.1) is 11.5 Å². The van der Waals surface area contributed by atoms with Gasteiger partial charge in [0.15, 0.2) is 11.6 Å². The first-order valence-electron chi connectivity index (χ1n) is 9.10. The van der Waals surface area contributed by atoms with E-state index in [1.54, 1.807) is 30.3 Å². The summed E-state index contributed by atoms with van der Waals surface area (Å²) in [5, 5.41) is 15.0. The second kappa shape index (κ2) is 7.41. The van der Waals surface area contributed by atoms with Crippen molar-refractivity contribution in [3.05, 3.63) is 53.8 Å². The molecule has 0 radical (unpaired) electrons. The van der Waals surface area contributed by atoms with Crippen molar-refractivity contribution in [2.24, 2.45) is 11.8 Å². The van der Waals surface area contributed by atoms with Crippen LogP contribution in [0.25, 0.3) is 0 Å². The Balaban J connectivity index is 1.43. The summed E-state index contributed by atoms with van der Waals surface area (Å²) in [7, 11) is 0. The normalized spacial score (nSPS) is 23.1. The molecule has 6 nitrogen and oxygen atoms in total. The van der Waals surface area contributed by atoms with Gasteiger partial charge in [-0.25, -0.2) is 4.39 Å². The Bertz CT molecular complexity index is 985. The number of nitriles is 1. The second-order valence-electron chi connectivity index (χ2n) is 6.99. The Morgan fingerprint density at radius 2 is 2.07 bits per heavy atom. The molecule has 142 valence electrons. The average molecular weight is 379 g/mol. The fourth-order valence-corrected chi connectivity index (χ4v) is 3.75. The predicted octanol–water partition coefficient (Wildman–Crippen LogP) is 3.00. The van der Waals surface area contributed by atoms with Crippen molar-refractivity contribution < 1.29 is 18.7 Å². The van der Waals surface area contributed by atoms with Gasteiger partial charge in [0.1, 0.15) is 17.6 Å². The highest BCUT2D eigenvalue weighted by molar-refractivity contribution is 5.96. The zero-order valence-corrected chi connectivity index (χ0v) is 14.9. The highest BCUT2D eigenvalue weighted by Crippen LogP contribution is 2.38. The summed E-state index contributed by atoms with van der Waals surface area (Å²) in [6, 6.07) is 12.5. The number of carbonyl (C=O) groups excluding carboxylic acids is 2. The van der Waals surface area contributed by atoms with Crippen LogP contribution in [-0.2, 0) is 9.59 Å². The number of benzene rings is 2. The summed E-state index contributed by atoms with van der Waals surface area (Å²) in [4.78, 5) is 24.3. The maximum Gasteiger partial charge on any atom is 0.229 e. The van der Waals surface area contributed by atoms with Crippen LogP contribution in [0.15, 0.2) is 42.5 Å². The number of anilines is 1. The zero-order valence-electron chi connectivity index (χ0n) is 14.9. The van der Waals surface area contributed by atoms with Gasteiger partial charge in [-0.1, -0.05) is 12.1 Å². The third-order valence-electron chi connectivity index (χ3n) is 5.30. The molecule has 2 fully saturated rings. The topological polar surface area (TPSA) is 91.2 Å². The molecule has 4 rings (SSSR count). The van der Waals surface area contributed by atoms with Crippen LogP contribution in [0, 0.1) is 29.0 Å². The van der Waals surface area contributed by atoms with E-state index in [2.05, 4.69) is 10.6 Å². The molecular formula is C21H18FN3O3. The van der Waals surface area contributed by atoms with Crippen molar-refractivity contribution >= 4 is 17.4 Å². The number of para-hydroxylation sites is 1. The van der Waals surface area contributed by atoms with Crippen molar-refractivity contribution in [1.29, 1.82) is 5.26 Å². The highest BCUT2D eigenvalue weighted by Gasteiger charge is 2.49. The molecule has 1 saturated carbocycles. The number of ketones is 1. The average Bonchev–Trinajstić information content (AvgIpc) is 2.66. The highest BCUT2D eigenvalue weighted by atomic mass is 19.1. The molecule has 1 aliphatic carbocycles. The van der Waals surface area contributed by atoms with Gasteiger partial charge in [-0.05, 0) is 30.7 Å². The lowest BCUT2D eigenvalue weighted by Crippen LogP contribution is -2.61. The molecule has 3 atom stereocenters. The van der Waals surface area contributed by atoms with Crippen LogP contribution in [0.3, 0.4) is 0 Å². The van der Waals surface area contributed by atoms with E-state index in [0.717, 1.165) is 0 Å². The number of halogens is 1. The Morgan fingerprint density at radius 1 is 1.25 bits per heavy atom. The Morgan fingerprint density at radius 3 is 2.86 bits per heavy atom. The molecule has 0 aromatic heterocycles. The molecule has 1 aliphatic heterocycles. The number of nitrogens with one attached hydrogen (secondary N) is 2. The molecule has 2 N–H and O–H groups in total. The number of nitrogens with zero attached hydrogens (tertiary/aromatic N) is 1. The summed E-state index contributed by atoms with van der Waals surface area (Å²) in [5.41, 5.74) is 0.613. The maximum absolute atomic E-state index is 14.4. The maximum atomic E-state index is 14.4. The quantitative estimate of drug-likeness (QED) is 0.852. The van der Waals surface area contributed by atoms with E-state index in [4.69, 9.17) is 10.00 Å². The number of hydrogen-bond donors (Lipinski definition) is 2. The summed E-state index contributed by atoms with van der Waals surface area (Å²) < 4.78 is 19.9. The minimum absolute atomic E-state index is 0.0380. The monoisotopic (exact) mass is 379 g/mol. The molecule has 1 saturated heterocycles. The van der Waals surface area contributed by atoms with Gasteiger partial charge in [-0.3, -0.25) is 9.59 Å². The third-order valence-corrected chi connectivity index (χ3v) is 5.30. The number of Topliss-reactive ketones (excluding diaryl/α,β-unsaturated/α-hetero) is 1. The SMILES string of the molecule is N#Cc1ccccc1Oc1ccc(NC(=O)[C@@H]2C[C@H]3C(=O)CCN[C@H]32)cc1F. The van der Waals surface area contributed by atoms with E-state index in [1.807, 2.05) is 6.07 Å². The molecule has 0 spiro atoms. The largest absolute Gasteiger partial charge is 0.453 e. The molecule has 1 heterocycles. The molecule has 28 heavy (non-hydrogen) atoms. The van der Waals surface area contributed by atoms with Crippen LogP contribution in [0.1, 0.15) is 18.4 Å². The molecule has 2 aromatic rings. The van der Waals surface area contributed by atoms with Crippen LogP contribution in [0.2, 0.25) is 0 Å². The Labute approximate surface area is 161 Å². The molecule has 2 aliphatic rings. The van der Waals surface area contributed by atoms with Gasteiger partial charge in [0, 0.05) is 36.7 Å². The van der Waals surface area contributed by atoms with Crippen molar-refractivity contribution in [3.63, 3.8) is 0 Å². The number of piperidine rings is 1. The Hall–Kier alpha value is -3.24. The van der Waals surface area contributed by atoms with E-state index in [1.165, 1.54) is 12.1 Å². The lowest BCUT2D eigenvalue weighted by molar-refractivity contribution is -0.137. The van der Waals surface area contributed by atoms with Gasteiger partial charge in [-0.15, -0.1) is 0 Å². The number of ether oxygens (including phenoxy) is 1. The minimum atomic E-state index is -0.650. The lowest BCUT2D eigenvalue weighted by Gasteiger charge is -2.46. The first kappa shape index (κ1) is 18.1. The lowest BCUT2D eigenvalue weighted by atomic mass is 9.65. The van der Waals surface area contributed by atoms with E-state index < -0.39 is 5.82 Å². The van der Waals surface area contributed by atoms with E-state index >= 15 is 0 Å². The third kappa shape index (κ3) is 3.35. The molecule has 1 amide bonds. The van der Waals surface area contributed by atoms with Crippen LogP contribution in [0.5, 0.6) is 11.5 Å². The van der Waals surface area contributed by atoms with Crippen molar-refractivity contribution in [3.8, 4) is 17.6 Å². The number of amides is 1. The van der Waals surface area contributed by atoms with Gasteiger partial charge in [-0.2, -0.15) is 5.26 Å². The fraction of sp³-hybridized carbons (Fsp3) is 0.286. The minimum Gasteiger partial charge on any atom is -0.453 e. The van der Waals surface area contributed by atoms with Crippen LogP contribution >= 0.6 is 0 Å². The first-order valence-corrected chi connectivity index (χ1v) is 9.10. The summed E-state index contributed by atoms with van der Waals surface area (Å²) >= 11 is 0. The zero-order chi connectivity index (χ0) is 19.7. The number of hydrogen-bond acceptors (Lipinski definition) is 5. The van der Waals surface area contributed by atoms with Crippen molar-refractivity contribution in [2.45, 2.75) is 18.9 Å². The molecule has 0 unspecified atom stereocenters. The summed E-state index contributed by atoms with van der Waals surface area (Å²) in [5.74, 6) is -0.835. The first-order chi connectivity index (χ1) is 13.6. The fourth-order valence-electron chi connectivity index (χ4n) is 3.75. The Kier molecular flexibility index (Phi) is 4.80. The van der Waals surface area contributed by atoms with E-state index in [-0.39, 0.29) is 41.1 Å². The molecular weight excluding hydrogens is 361 g/mol. The summed E-state index contributed by atoms with van der Waals surface area (Å²) in [6.45, 7) is 0.592. The molecule has 2 aromatic carbocycles. The van der Waals surface area contributed by atoms with Crippen LogP contribution in [-0.4, -0.2) is 24.3 Å². The van der Waals surface area contributed by atoms with E-state index in [9.17, 15) is 14.0 Å². The predicted molar refractivity (Wildman–Crippen MR) is 99.3 cm³/mol. The van der Waals surface area contributed by atoms with Gasteiger partial charge < -0.3 is 15.4 Å². The van der Waals surface area contributed by atoms with E-state index in [0.29, 0.717) is 30.6 Å².